The summed E-state index contributed by atoms with van der Waals surface area (Å²) in [6.07, 6.45) is 11.8. The molecule has 0 aliphatic rings. The Morgan fingerprint density at radius 3 is 1.33 bits per heavy atom. The van der Waals surface area contributed by atoms with Gasteiger partial charge in [0.15, 0.2) is 6.71 Å². The van der Waals surface area contributed by atoms with Crippen LogP contribution in [0.15, 0.2) is 83.0 Å². The van der Waals surface area contributed by atoms with Gasteiger partial charge in [-0.2, -0.15) is 0 Å². The van der Waals surface area contributed by atoms with Crippen molar-refractivity contribution in [1.82, 2.24) is 0 Å². The average molecular weight is 556 g/mol. The molecule has 178 valence electrons. The Labute approximate surface area is 222 Å². The SMILES string of the molecule is CCCC/C=C(\B(CC)/C(=C\CCCC)[Si](Cl)(Cl)c1ccccc1)[Si](Cl)(Cl)c1ccccc1. The number of allylic oxidation sites excluding steroid dienone is 2. The quantitative estimate of drug-likeness (QED) is 0.132. The molecule has 0 aliphatic carbocycles. The molecule has 0 bridgehead atoms. The van der Waals surface area contributed by atoms with Crippen molar-refractivity contribution in [2.75, 3.05) is 0 Å². The average Bonchev–Trinajstić information content (AvgIpc) is 2.83. The first-order valence-electron chi connectivity index (χ1n) is 12.1. The molecule has 33 heavy (non-hydrogen) atoms. The normalized spacial score (nSPS) is 13.3. The zero-order chi connectivity index (χ0) is 24.3. The third-order valence-electron chi connectivity index (χ3n) is 6.00. The van der Waals surface area contributed by atoms with Gasteiger partial charge in [-0.3, -0.25) is 0 Å². The molecule has 0 saturated carbocycles. The van der Waals surface area contributed by atoms with Crippen LogP contribution in [-0.4, -0.2) is 20.1 Å². The van der Waals surface area contributed by atoms with Crippen LogP contribution in [-0.2, 0) is 0 Å². The van der Waals surface area contributed by atoms with E-state index in [0.29, 0.717) is 0 Å². The second-order valence-electron chi connectivity index (χ2n) is 8.45. The summed E-state index contributed by atoms with van der Waals surface area (Å²) in [5.74, 6) is 0. The highest BCUT2D eigenvalue weighted by Crippen LogP contribution is 2.37. The van der Waals surface area contributed by atoms with Crippen molar-refractivity contribution in [2.45, 2.75) is 65.6 Å². The van der Waals surface area contributed by atoms with Gasteiger partial charge in [0, 0.05) is 0 Å². The zero-order valence-electron chi connectivity index (χ0n) is 20.0. The Kier molecular flexibility index (Phi) is 12.4. The van der Waals surface area contributed by atoms with Gasteiger partial charge in [0.05, 0.1) is 0 Å². The lowest BCUT2D eigenvalue weighted by Gasteiger charge is -2.32. The van der Waals surface area contributed by atoms with Crippen molar-refractivity contribution >= 4 is 74.8 Å². The number of halogens is 4. The van der Waals surface area contributed by atoms with Crippen LogP contribution in [0.2, 0.25) is 6.32 Å². The fraction of sp³-hybridized carbons (Fsp3) is 0.385. The predicted molar refractivity (Wildman–Crippen MR) is 159 cm³/mol. The van der Waals surface area contributed by atoms with E-state index in [1.165, 1.54) is 0 Å². The zero-order valence-corrected chi connectivity index (χ0v) is 25.0. The maximum atomic E-state index is 7.32. The van der Waals surface area contributed by atoms with Crippen LogP contribution >= 0.6 is 44.3 Å². The molecule has 0 aliphatic heterocycles. The molecule has 0 amide bonds. The monoisotopic (exact) mass is 554 g/mol. The second-order valence-corrected chi connectivity index (χ2v) is 21.0. The van der Waals surface area contributed by atoms with Crippen molar-refractivity contribution in [3.63, 3.8) is 0 Å². The van der Waals surface area contributed by atoms with Crippen LogP contribution < -0.4 is 10.4 Å². The maximum Gasteiger partial charge on any atom is 0.298 e. The van der Waals surface area contributed by atoms with E-state index in [9.17, 15) is 0 Å². The molecule has 0 nitrogen and oxygen atoms in total. The number of benzene rings is 2. The highest BCUT2D eigenvalue weighted by atomic mass is 35.7. The van der Waals surface area contributed by atoms with E-state index in [-0.39, 0.29) is 6.71 Å². The van der Waals surface area contributed by atoms with Gasteiger partial charge in [-0.05, 0) is 23.2 Å². The van der Waals surface area contributed by atoms with Gasteiger partial charge in [-0.1, -0.05) is 136 Å². The molecule has 0 fully saturated rings. The van der Waals surface area contributed by atoms with Gasteiger partial charge >= 0.3 is 0 Å². The summed E-state index contributed by atoms with van der Waals surface area (Å²) in [6.45, 7) is 0.703. The lowest BCUT2D eigenvalue weighted by atomic mass is 9.46. The summed E-state index contributed by atoms with van der Waals surface area (Å²) in [5.41, 5.74) is 0. The molecule has 2 aromatic rings. The van der Waals surface area contributed by atoms with E-state index in [0.717, 1.165) is 65.4 Å². The summed E-state index contributed by atoms with van der Waals surface area (Å²) >= 11 is 29.3. The molecule has 0 N–H and O–H groups in total. The van der Waals surface area contributed by atoms with E-state index in [2.05, 4.69) is 57.2 Å². The van der Waals surface area contributed by atoms with Crippen LogP contribution in [0.25, 0.3) is 0 Å². The molecular weight excluding hydrogens is 521 g/mol. The highest BCUT2D eigenvalue weighted by molar-refractivity contribution is 7.60. The fourth-order valence-electron chi connectivity index (χ4n) is 4.14. The van der Waals surface area contributed by atoms with Crippen LogP contribution in [0.3, 0.4) is 0 Å². The molecule has 0 spiro atoms. The molecule has 0 heterocycles. The van der Waals surface area contributed by atoms with Gasteiger partial charge in [0.2, 0.25) is 0 Å². The Morgan fingerprint density at radius 1 is 0.667 bits per heavy atom. The summed E-state index contributed by atoms with van der Waals surface area (Å²) in [4.78, 5) is 0. The summed E-state index contributed by atoms with van der Waals surface area (Å²) in [7, 11) is 0. The molecule has 2 aromatic carbocycles. The first kappa shape index (κ1) is 28.8. The van der Waals surface area contributed by atoms with Crippen LogP contribution in [0.5, 0.6) is 0 Å². The predicted octanol–water partition coefficient (Wildman–Crippen LogP) is 8.55. The molecule has 0 atom stereocenters. The number of unbranched alkanes of at least 4 members (excludes halogenated alkanes) is 4. The Morgan fingerprint density at radius 2 is 1.03 bits per heavy atom. The van der Waals surface area contributed by atoms with E-state index in [1.54, 1.807) is 0 Å². The minimum absolute atomic E-state index is 0.0301. The number of hydrogen-bond acceptors (Lipinski definition) is 0. The summed E-state index contributed by atoms with van der Waals surface area (Å²) in [5, 5.41) is 4.28. The van der Waals surface area contributed by atoms with Crippen molar-refractivity contribution in [3.8, 4) is 0 Å². The van der Waals surface area contributed by atoms with Gasteiger partial charge < -0.3 is 0 Å². The first-order valence-corrected chi connectivity index (χ1v) is 20.1. The van der Waals surface area contributed by atoms with E-state index in [1.807, 2.05) is 36.4 Å². The fourth-order valence-corrected chi connectivity index (χ4v) is 12.6. The number of hydrogen-bond donors (Lipinski definition) is 0. The topological polar surface area (TPSA) is 0 Å². The van der Waals surface area contributed by atoms with Gasteiger partial charge in [0.1, 0.15) is 0 Å². The molecular formula is C26H35BCl4Si2. The number of rotatable bonds is 13. The molecule has 0 radical (unpaired) electrons. The minimum Gasteiger partial charge on any atom is -0.135 e. The van der Waals surface area contributed by atoms with Crippen LogP contribution in [0, 0.1) is 0 Å². The van der Waals surface area contributed by atoms with Crippen molar-refractivity contribution in [1.29, 1.82) is 0 Å². The van der Waals surface area contributed by atoms with E-state index >= 15 is 0 Å². The van der Waals surface area contributed by atoms with Crippen molar-refractivity contribution < 1.29 is 0 Å². The standard InChI is InChI=1S/C26H35BCl4Si2/c1-4-7-11-21-25(32(28,29)23-17-13-9-14-18-23)27(6-3)26(22-12-8-5-2)33(30,31)24-19-15-10-16-20-24/h9-10,13-22H,4-8,11-12H2,1-3H3/b25-21+,26-22+. The first-order chi connectivity index (χ1) is 15.8. The largest absolute Gasteiger partial charge is 0.298 e. The minimum atomic E-state index is -2.96. The molecule has 0 unspecified atom stereocenters. The summed E-state index contributed by atoms with van der Waals surface area (Å²) < 4.78 is 0. The smallest absolute Gasteiger partial charge is 0.135 e. The van der Waals surface area contributed by atoms with E-state index < -0.39 is 13.4 Å². The lowest BCUT2D eigenvalue weighted by Crippen LogP contribution is -2.51. The van der Waals surface area contributed by atoms with Crippen molar-refractivity contribution in [2.24, 2.45) is 0 Å². The van der Waals surface area contributed by atoms with Crippen LogP contribution in [0.1, 0.15) is 59.3 Å². The Balaban J connectivity index is 2.65. The maximum absolute atomic E-state index is 7.32. The van der Waals surface area contributed by atoms with Crippen LogP contribution in [0.4, 0.5) is 0 Å². The molecule has 7 heteroatoms. The third kappa shape index (κ3) is 7.78. The second kappa shape index (κ2) is 14.2. The Bertz CT molecular complexity index is 826. The highest BCUT2D eigenvalue weighted by Gasteiger charge is 2.47. The molecule has 0 saturated heterocycles. The Hall–Kier alpha value is -0.421. The lowest BCUT2D eigenvalue weighted by molar-refractivity contribution is 0.813. The molecule has 0 aromatic heterocycles. The van der Waals surface area contributed by atoms with Gasteiger partial charge in [-0.25, -0.2) is 0 Å². The van der Waals surface area contributed by atoms with Gasteiger partial charge in [-0.15, -0.1) is 44.3 Å². The van der Waals surface area contributed by atoms with E-state index in [4.69, 9.17) is 44.3 Å². The molecule has 2 rings (SSSR count). The third-order valence-corrected chi connectivity index (χ3v) is 15.9. The summed E-state index contributed by atoms with van der Waals surface area (Å²) in [6, 6.07) is 20.3. The van der Waals surface area contributed by atoms with Crippen molar-refractivity contribution in [3.05, 3.63) is 83.0 Å². The van der Waals surface area contributed by atoms with Gasteiger partial charge in [0.25, 0.3) is 13.4 Å².